The fourth-order valence-corrected chi connectivity index (χ4v) is 4.45. The maximum absolute atomic E-state index is 14.3. The molecule has 1 aromatic heterocycles. The molecule has 12 heteroatoms. The van der Waals surface area contributed by atoms with Gasteiger partial charge in [0.2, 0.25) is 0 Å². The summed E-state index contributed by atoms with van der Waals surface area (Å²) in [5.41, 5.74) is 0.770. The third-order valence-corrected chi connectivity index (χ3v) is 6.42. The molecule has 0 aliphatic heterocycles. The molecule has 0 atom stereocenters. The molecule has 192 valence electrons. The monoisotopic (exact) mass is 527 g/mol. The molecule has 9 nitrogen and oxygen atoms in total. The van der Waals surface area contributed by atoms with Gasteiger partial charge in [-0.3, -0.25) is 9.45 Å². The Bertz CT molecular complexity index is 1160. The van der Waals surface area contributed by atoms with E-state index in [-0.39, 0.29) is 23.8 Å². The molecule has 0 spiro atoms. The van der Waals surface area contributed by atoms with Crippen molar-refractivity contribution >= 4 is 32.6 Å². The summed E-state index contributed by atoms with van der Waals surface area (Å²) in [5, 5.41) is 3.55. The maximum atomic E-state index is 14.3. The minimum Gasteiger partial charge on any atom is -0.491 e. The fraction of sp³-hybridized carbons (Fsp3) is 0.478. The van der Waals surface area contributed by atoms with Gasteiger partial charge in [0.15, 0.2) is 22.4 Å². The number of nitrogens with zero attached hydrogens (tertiary/aromatic N) is 2. The van der Waals surface area contributed by atoms with Gasteiger partial charge in [0.1, 0.15) is 0 Å². The SMILES string of the molecule is COC(=O)c1nc(NCCCCS(=O)(=O)O)sc1CCCOc1ccc(C#CCN(C)C)cc1F. The Morgan fingerprint density at radius 2 is 2.06 bits per heavy atom. The summed E-state index contributed by atoms with van der Waals surface area (Å²) in [6.07, 6.45) is 1.79. The van der Waals surface area contributed by atoms with Crippen molar-refractivity contribution in [2.75, 3.05) is 52.0 Å². The van der Waals surface area contributed by atoms with E-state index in [4.69, 9.17) is 14.0 Å². The number of aromatic nitrogens is 1. The van der Waals surface area contributed by atoms with Gasteiger partial charge in [-0.05, 0) is 58.0 Å². The van der Waals surface area contributed by atoms with Gasteiger partial charge in [-0.2, -0.15) is 8.42 Å². The van der Waals surface area contributed by atoms with Crippen molar-refractivity contribution in [2.24, 2.45) is 0 Å². The van der Waals surface area contributed by atoms with E-state index in [1.54, 1.807) is 12.1 Å². The molecule has 2 aromatic rings. The number of ether oxygens (including phenoxy) is 2. The van der Waals surface area contributed by atoms with Crippen LogP contribution in [0.25, 0.3) is 0 Å². The molecule has 0 saturated carbocycles. The third-order valence-electron chi connectivity index (χ3n) is 4.55. The summed E-state index contributed by atoms with van der Waals surface area (Å²) in [6, 6.07) is 4.59. The van der Waals surface area contributed by atoms with Crippen LogP contribution >= 0.6 is 11.3 Å². The number of rotatable bonds is 13. The summed E-state index contributed by atoms with van der Waals surface area (Å²) in [4.78, 5) is 19.0. The standard InChI is InChI=1S/C23H30FN3O6S2/c1-27(2)13-6-8-17-10-11-19(18(24)16-17)33-14-7-9-20-21(22(28)32-3)26-23(34-20)25-12-4-5-15-35(29,30)31/h10-11,16H,4-5,7,9,12-15H2,1-3H3,(H,25,26)(H,29,30,31). The second-order valence-corrected chi connectivity index (χ2v) is 10.5. The average Bonchev–Trinajstić information content (AvgIpc) is 3.19. The zero-order valence-corrected chi connectivity index (χ0v) is 21.6. The molecular formula is C23H30FN3O6S2. The number of carbonyl (C=O) groups is 1. The minimum atomic E-state index is -3.98. The molecule has 0 amide bonds. The quantitative estimate of drug-likeness (QED) is 0.175. The van der Waals surface area contributed by atoms with Crippen LogP contribution in [0.2, 0.25) is 0 Å². The van der Waals surface area contributed by atoms with Gasteiger partial charge in [-0.1, -0.05) is 11.8 Å². The van der Waals surface area contributed by atoms with E-state index in [2.05, 4.69) is 22.1 Å². The molecule has 0 aliphatic rings. The average molecular weight is 528 g/mol. The number of esters is 1. The molecule has 0 bridgehead atoms. The Morgan fingerprint density at radius 3 is 2.71 bits per heavy atom. The van der Waals surface area contributed by atoms with Crippen LogP contribution in [0, 0.1) is 17.7 Å². The van der Waals surface area contributed by atoms with E-state index in [0.717, 1.165) is 0 Å². The van der Waals surface area contributed by atoms with Crippen molar-refractivity contribution < 1.29 is 31.6 Å². The Kier molecular flexibility index (Phi) is 11.4. The first-order valence-corrected chi connectivity index (χ1v) is 13.3. The van der Waals surface area contributed by atoms with Crippen molar-refractivity contribution in [1.29, 1.82) is 0 Å². The Balaban J connectivity index is 1.88. The first-order chi connectivity index (χ1) is 16.6. The van der Waals surface area contributed by atoms with Gasteiger partial charge >= 0.3 is 5.97 Å². The van der Waals surface area contributed by atoms with E-state index in [1.807, 2.05) is 19.0 Å². The highest BCUT2D eigenvalue weighted by molar-refractivity contribution is 7.85. The Morgan fingerprint density at radius 1 is 1.29 bits per heavy atom. The highest BCUT2D eigenvalue weighted by atomic mass is 32.2. The van der Waals surface area contributed by atoms with Gasteiger partial charge in [0, 0.05) is 17.0 Å². The van der Waals surface area contributed by atoms with Crippen molar-refractivity contribution in [3.8, 4) is 17.6 Å². The number of nitrogens with one attached hydrogen (secondary N) is 1. The molecular weight excluding hydrogens is 497 g/mol. The molecule has 0 fully saturated rings. The molecule has 35 heavy (non-hydrogen) atoms. The van der Waals surface area contributed by atoms with Gasteiger partial charge < -0.3 is 14.8 Å². The first kappa shape index (κ1) is 28.5. The lowest BCUT2D eigenvalue weighted by molar-refractivity contribution is 0.0593. The van der Waals surface area contributed by atoms with Crippen LogP contribution in [-0.4, -0.2) is 75.5 Å². The highest BCUT2D eigenvalue weighted by Crippen LogP contribution is 2.26. The van der Waals surface area contributed by atoms with E-state index in [9.17, 15) is 17.6 Å². The number of benzene rings is 1. The topological polar surface area (TPSA) is 118 Å². The Labute approximate surface area is 209 Å². The lowest BCUT2D eigenvalue weighted by atomic mass is 10.2. The van der Waals surface area contributed by atoms with Crippen molar-refractivity contribution in [3.63, 3.8) is 0 Å². The summed E-state index contributed by atoms with van der Waals surface area (Å²) in [7, 11) is 1.10. The van der Waals surface area contributed by atoms with Crippen LogP contribution < -0.4 is 10.1 Å². The third kappa shape index (κ3) is 10.6. The minimum absolute atomic E-state index is 0.132. The van der Waals surface area contributed by atoms with Crippen LogP contribution in [-0.2, 0) is 21.3 Å². The van der Waals surface area contributed by atoms with E-state index < -0.39 is 21.9 Å². The summed E-state index contributed by atoms with van der Waals surface area (Å²) >= 11 is 1.29. The van der Waals surface area contributed by atoms with Crippen molar-refractivity contribution in [3.05, 3.63) is 40.2 Å². The Hall–Kier alpha value is -2.72. The lowest BCUT2D eigenvalue weighted by Crippen LogP contribution is -2.10. The van der Waals surface area contributed by atoms with Crippen LogP contribution in [0.3, 0.4) is 0 Å². The predicted molar refractivity (Wildman–Crippen MR) is 133 cm³/mol. The molecule has 0 radical (unpaired) electrons. The van der Waals surface area contributed by atoms with Crippen LogP contribution in [0.5, 0.6) is 5.75 Å². The normalized spacial score (nSPS) is 11.1. The van der Waals surface area contributed by atoms with Crippen LogP contribution in [0.15, 0.2) is 18.2 Å². The molecule has 0 saturated heterocycles. The van der Waals surface area contributed by atoms with Crippen molar-refractivity contribution in [2.45, 2.75) is 25.7 Å². The zero-order valence-electron chi connectivity index (χ0n) is 20.0. The second kappa shape index (κ2) is 14.0. The highest BCUT2D eigenvalue weighted by Gasteiger charge is 2.18. The number of carbonyl (C=O) groups excluding carboxylic acids is 1. The number of hydrogen-bond acceptors (Lipinski definition) is 9. The smallest absolute Gasteiger partial charge is 0.357 e. The number of methoxy groups -OCH3 is 1. The van der Waals surface area contributed by atoms with E-state index >= 15 is 0 Å². The van der Waals surface area contributed by atoms with E-state index in [1.165, 1.54) is 24.5 Å². The number of hydrogen-bond donors (Lipinski definition) is 2. The molecule has 1 heterocycles. The maximum Gasteiger partial charge on any atom is 0.357 e. The zero-order chi connectivity index (χ0) is 25.8. The van der Waals surface area contributed by atoms with Gasteiger partial charge in [0.25, 0.3) is 10.1 Å². The van der Waals surface area contributed by atoms with E-state index in [0.29, 0.717) is 54.3 Å². The first-order valence-electron chi connectivity index (χ1n) is 10.9. The van der Waals surface area contributed by atoms with Gasteiger partial charge in [0.05, 0.1) is 26.0 Å². The molecule has 2 rings (SSSR count). The number of thiazole rings is 1. The summed E-state index contributed by atoms with van der Waals surface area (Å²) in [5.74, 6) is 4.63. The second-order valence-electron chi connectivity index (χ2n) is 7.84. The lowest BCUT2D eigenvalue weighted by Gasteiger charge is -2.07. The van der Waals surface area contributed by atoms with Crippen LogP contribution in [0.1, 0.15) is 40.2 Å². The molecule has 0 unspecified atom stereocenters. The number of halogens is 1. The number of aryl methyl sites for hydroxylation is 1. The molecule has 1 aromatic carbocycles. The number of anilines is 1. The van der Waals surface area contributed by atoms with Crippen molar-refractivity contribution in [1.82, 2.24) is 9.88 Å². The summed E-state index contributed by atoms with van der Waals surface area (Å²) in [6.45, 7) is 1.25. The molecule has 0 aliphatic carbocycles. The fourth-order valence-electron chi connectivity index (χ4n) is 2.87. The summed E-state index contributed by atoms with van der Waals surface area (Å²) < 4.78 is 55.0. The van der Waals surface area contributed by atoms with Crippen LogP contribution in [0.4, 0.5) is 9.52 Å². The molecule has 2 N–H and O–H groups in total. The van der Waals surface area contributed by atoms with Gasteiger partial charge in [-0.15, -0.1) is 11.3 Å². The van der Waals surface area contributed by atoms with Gasteiger partial charge in [-0.25, -0.2) is 14.2 Å². The largest absolute Gasteiger partial charge is 0.491 e. The predicted octanol–water partition coefficient (Wildman–Crippen LogP) is 3.07. The number of unbranched alkanes of at least 4 members (excludes halogenated alkanes) is 1.